The predicted molar refractivity (Wildman–Crippen MR) is 98.0 cm³/mol. The number of thioether (sulfide) groups is 1. The number of halogens is 3. The number of rotatable bonds is 4. The van der Waals surface area contributed by atoms with Crippen molar-refractivity contribution in [3.63, 3.8) is 0 Å². The number of benzene rings is 1. The summed E-state index contributed by atoms with van der Waals surface area (Å²) in [5, 5.41) is 1.27. The fourth-order valence-corrected chi connectivity index (χ4v) is 4.20. The van der Waals surface area contributed by atoms with Gasteiger partial charge in [0.05, 0.1) is 11.3 Å². The van der Waals surface area contributed by atoms with Crippen LogP contribution in [0, 0.1) is 13.8 Å². The van der Waals surface area contributed by atoms with Gasteiger partial charge in [0.1, 0.15) is 10.8 Å². The highest BCUT2D eigenvalue weighted by Crippen LogP contribution is 2.34. The fraction of sp³-hybridized carbons (Fsp3) is 0.235. The van der Waals surface area contributed by atoms with Gasteiger partial charge < -0.3 is 5.73 Å². The van der Waals surface area contributed by atoms with E-state index in [0.717, 1.165) is 28.4 Å². The number of thiazole rings is 1. The molecule has 2 heterocycles. The second-order valence-corrected chi connectivity index (χ2v) is 7.75. The first-order valence-corrected chi connectivity index (χ1v) is 9.40. The molecule has 0 saturated heterocycles. The van der Waals surface area contributed by atoms with Crippen molar-refractivity contribution in [2.24, 2.45) is 0 Å². The van der Waals surface area contributed by atoms with Gasteiger partial charge in [0.25, 0.3) is 0 Å². The lowest BCUT2D eigenvalue weighted by molar-refractivity contribution is -0.137. The third-order valence-corrected chi connectivity index (χ3v) is 5.46. The van der Waals surface area contributed by atoms with Crippen LogP contribution in [-0.4, -0.2) is 15.0 Å². The summed E-state index contributed by atoms with van der Waals surface area (Å²) in [6.07, 6.45) is -4.34. The maximum absolute atomic E-state index is 12.7. The Morgan fingerprint density at radius 1 is 1.08 bits per heavy atom. The molecule has 0 spiro atoms. The molecule has 0 unspecified atom stereocenters. The van der Waals surface area contributed by atoms with Crippen LogP contribution in [-0.2, 0) is 11.9 Å². The number of nitrogens with two attached hydrogens (primary N) is 1. The zero-order chi connectivity index (χ0) is 18.9. The minimum absolute atomic E-state index is 0.417. The molecule has 0 aliphatic heterocycles. The molecule has 0 fully saturated rings. The van der Waals surface area contributed by atoms with Gasteiger partial charge >= 0.3 is 6.18 Å². The van der Waals surface area contributed by atoms with E-state index in [1.54, 1.807) is 6.07 Å². The molecular formula is C17H15F3N4S2. The highest BCUT2D eigenvalue weighted by atomic mass is 32.2. The normalized spacial score (nSPS) is 11.7. The summed E-state index contributed by atoms with van der Waals surface area (Å²) in [6, 6.07) is 6.74. The van der Waals surface area contributed by atoms with Crippen molar-refractivity contribution in [2.75, 3.05) is 5.73 Å². The molecule has 0 atom stereocenters. The monoisotopic (exact) mass is 396 g/mol. The summed E-state index contributed by atoms with van der Waals surface area (Å²) in [7, 11) is 0. The molecule has 0 amide bonds. The maximum Gasteiger partial charge on any atom is 0.416 e. The molecule has 0 radical (unpaired) electrons. The Bertz CT molecular complexity index is 900. The number of aromatic nitrogens is 3. The summed E-state index contributed by atoms with van der Waals surface area (Å²) in [4.78, 5) is 14.1. The standard InChI is InChI=1S/C17H15F3N4S2/c1-9-7-14(21)24-16(22-9)25-8-13-10(2)26-15(23-13)11-3-5-12(6-4-11)17(18,19)20/h3-7H,8H2,1-2H3,(H2,21,22,24). The lowest BCUT2D eigenvalue weighted by atomic mass is 10.1. The summed E-state index contributed by atoms with van der Waals surface area (Å²) >= 11 is 2.87. The lowest BCUT2D eigenvalue weighted by Crippen LogP contribution is -2.03. The molecule has 1 aromatic carbocycles. The topological polar surface area (TPSA) is 64.7 Å². The molecule has 0 bridgehead atoms. The van der Waals surface area contributed by atoms with E-state index in [0.29, 0.717) is 27.3 Å². The van der Waals surface area contributed by atoms with E-state index in [9.17, 15) is 13.2 Å². The highest BCUT2D eigenvalue weighted by Gasteiger charge is 2.30. The first-order valence-electron chi connectivity index (χ1n) is 7.60. The van der Waals surface area contributed by atoms with Crippen LogP contribution in [0.2, 0.25) is 0 Å². The number of anilines is 1. The molecule has 0 aliphatic rings. The fourth-order valence-electron chi connectivity index (χ4n) is 2.25. The van der Waals surface area contributed by atoms with Crippen molar-refractivity contribution < 1.29 is 13.2 Å². The Morgan fingerprint density at radius 3 is 2.38 bits per heavy atom. The van der Waals surface area contributed by atoms with Gasteiger partial charge in [-0.2, -0.15) is 13.2 Å². The molecule has 2 N–H and O–H groups in total. The minimum atomic E-state index is -4.34. The van der Waals surface area contributed by atoms with E-state index in [-0.39, 0.29) is 0 Å². The van der Waals surface area contributed by atoms with Gasteiger partial charge in [-0.1, -0.05) is 23.9 Å². The summed E-state index contributed by atoms with van der Waals surface area (Å²) in [5.74, 6) is 0.978. The van der Waals surface area contributed by atoms with Crippen LogP contribution >= 0.6 is 23.1 Å². The lowest BCUT2D eigenvalue weighted by Gasteiger charge is -2.06. The van der Waals surface area contributed by atoms with Gasteiger partial charge in [0, 0.05) is 28.0 Å². The zero-order valence-corrected chi connectivity index (χ0v) is 15.6. The van der Waals surface area contributed by atoms with Crippen LogP contribution in [0.25, 0.3) is 10.6 Å². The van der Waals surface area contributed by atoms with E-state index in [4.69, 9.17) is 5.73 Å². The maximum atomic E-state index is 12.7. The Labute approximate surface area is 156 Å². The summed E-state index contributed by atoms with van der Waals surface area (Å²) < 4.78 is 38.0. The third-order valence-electron chi connectivity index (χ3n) is 3.54. The second-order valence-electron chi connectivity index (χ2n) is 5.60. The third kappa shape index (κ3) is 4.34. The molecule has 26 heavy (non-hydrogen) atoms. The Balaban J connectivity index is 1.76. The molecule has 3 rings (SSSR count). The van der Waals surface area contributed by atoms with Crippen molar-refractivity contribution >= 4 is 28.9 Å². The number of nitrogen functional groups attached to an aromatic ring is 1. The molecule has 9 heteroatoms. The number of aryl methyl sites for hydroxylation is 2. The number of hydrogen-bond acceptors (Lipinski definition) is 6. The molecule has 3 aromatic rings. The van der Waals surface area contributed by atoms with Crippen molar-refractivity contribution in [3.05, 3.63) is 52.2 Å². The molecule has 2 aromatic heterocycles. The van der Waals surface area contributed by atoms with Crippen LogP contribution in [0.5, 0.6) is 0 Å². The van der Waals surface area contributed by atoms with E-state index in [2.05, 4.69) is 15.0 Å². The molecule has 136 valence electrons. The zero-order valence-electron chi connectivity index (χ0n) is 14.0. The Kier molecular flexibility index (Phi) is 5.19. The van der Waals surface area contributed by atoms with Crippen LogP contribution in [0.3, 0.4) is 0 Å². The first-order chi connectivity index (χ1) is 12.2. The SMILES string of the molecule is Cc1cc(N)nc(SCc2nc(-c3ccc(C(F)(F)F)cc3)sc2C)n1. The van der Waals surface area contributed by atoms with Crippen LogP contribution in [0.1, 0.15) is 21.8 Å². The summed E-state index contributed by atoms with van der Waals surface area (Å²) in [5.41, 5.74) is 7.37. The van der Waals surface area contributed by atoms with Crippen molar-refractivity contribution in [1.82, 2.24) is 15.0 Å². The minimum Gasteiger partial charge on any atom is -0.384 e. The van der Waals surface area contributed by atoms with Crippen molar-refractivity contribution in [2.45, 2.75) is 30.9 Å². The van der Waals surface area contributed by atoms with Gasteiger partial charge in [-0.3, -0.25) is 0 Å². The second kappa shape index (κ2) is 7.24. The highest BCUT2D eigenvalue weighted by molar-refractivity contribution is 7.98. The van der Waals surface area contributed by atoms with Gasteiger partial charge in [-0.25, -0.2) is 15.0 Å². The average molecular weight is 396 g/mol. The molecule has 0 aliphatic carbocycles. The van der Waals surface area contributed by atoms with Crippen LogP contribution < -0.4 is 5.73 Å². The predicted octanol–water partition coefficient (Wildman–Crippen LogP) is 5.11. The van der Waals surface area contributed by atoms with Gasteiger partial charge in [-0.15, -0.1) is 11.3 Å². The van der Waals surface area contributed by atoms with Gasteiger partial charge in [-0.05, 0) is 26.0 Å². The molecule has 0 saturated carbocycles. The van der Waals surface area contributed by atoms with E-state index >= 15 is 0 Å². The van der Waals surface area contributed by atoms with Crippen LogP contribution in [0.4, 0.5) is 19.0 Å². The molecule has 4 nitrogen and oxygen atoms in total. The van der Waals surface area contributed by atoms with Crippen LogP contribution in [0.15, 0.2) is 35.5 Å². The Hall–Kier alpha value is -2.13. The smallest absolute Gasteiger partial charge is 0.384 e. The number of alkyl halides is 3. The molecular weight excluding hydrogens is 381 g/mol. The average Bonchev–Trinajstić information content (AvgIpc) is 2.92. The number of hydrogen-bond donors (Lipinski definition) is 1. The van der Waals surface area contributed by atoms with E-state index < -0.39 is 11.7 Å². The first kappa shape index (κ1) is 18.7. The van der Waals surface area contributed by atoms with Crippen molar-refractivity contribution in [3.8, 4) is 10.6 Å². The van der Waals surface area contributed by atoms with Gasteiger partial charge in [0.2, 0.25) is 0 Å². The largest absolute Gasteiger partial charge is 0.416 e. The number of nitrogens with zero attached hydrogens (tertiary/aromatic N) is 3. The quantitative estimate of drug-likeness (QED) is 0.490. The summed E-state index contributed by atoms with van der Waals surface area (Å²) in [6.45, 7) is 3.78. The van der Waals surface area contributed by atoms with E-state index in [1.165, 1.54) is 35.2 Å². The van der Waals surface area contributed by atoms with Gasteiger partial charge in [0.15, 0.2) is 5.16 Å². The Morgan fingerprint density at radius 2 is 1.77 bits per heavy atom. The van der Waals surface area contributed by atoms with Crippen molar-refractivity contribution in [1.29, 1.82) is 0 Å². The van der Waals surface area contributed by atoms with E-state index in [1.807, 2.05) is 13.8 Å².